The fraction of sp³-hybridized carbons (Fsp3) is 0.211. The molecule has 0 heterocycles. The molecule has 4 heteroatoms. The fourth-order valence-electron chi connectivity index (χ4n) is 2.46. The predicted octanol–water partition coefficient (Wildman–Crippen LogP) is 4.79. The first-order valence-corrected chi connectivity index (χ1v) is 8.40. The molecule has 0 atom stereocenters. The van der Waals surface area contributed by atoms with Gasteiger partial charge in [-0.15, -0.1) is 0 Å². The van der Waals surface area contributed by atoms with Crippen LogP contribution in [0.15, 0.2) is 59.1 Å². The van der Waals surface area contributed by atoms with Crippen LogP contribution in [0, 0.1) is 5.82 Å². The molecule has 0 saturated heterocycles. The summed E-state index contributed by atoms with van der Waals surface area (Å²) in [7, 11) is 0. The van der Waals surface area contributed by atoms with Gasteiger partial charge in [0.1, 0.15) is 5.82 Å². The van der Waals surface area contributed by atoms with Crippen LogP contribution in [0.5, 0.6) is 0 Å². The molecule has 2 aromatic rings. The van der Waals surface area contributed by atoms with Crippen molar-refractivity contribution in [3.63, 3.8) is 0 Å². The Labute approximate surface area is 143 Å². The molecule has 0 aromatic heterocycles. The predicted molar refractivity (Wildman–Crippen MR) is 93.1 cm³/mol. The molecule has 0 unspecified atom stereocenters. The maximum Gasteiger partial charge on any atom is 0.247 e. The molecule has 118 valence electrons. The molecule has 0 N–H and O–H groups in total. The number of halogens is 2. The number of carbonyl (C=O) groups excluding carboxylic acids is 1. The van der Waals surface area contributed by atoms with Gasteiger partial charge in [0.25, 0.3) is 0 Å². The van der Waals surface area contributed by atoms with Gasteiger partial charge in [-0.3, -0.25) is 4.79 Å². The Morgan fingerprint density at radius 3 is 2.70 bits per heavy atom. The fourth-order valence-corrected chi connectivity index (χ4v) is 2.87. The summed E-state index contributed by atoms with van der Waals surface area (Å²) in [5, 5.41) is 0. The van der Waals surface area contributed by atoms with Crippen LogP contribution in [0.1, 0.15) is 24.0 Å². The van der Waals surface area contributed by atoms with Gasteiger partial charge < -0.3 is 4.90 Å². The smallest absolute Gasteiger partial charge is 0.247 e. The lowest BCUT2D eigenvalue weighted by Crippen LogP contribution is -2.31. The van der Waals surface area contributed by atoms with Crippen molar-refractivity contribution >= 4 is 27.9 Å². The zero-order valence-electron chi connectivity index (χ0n) is 12.6. The van der Waals surface area contributed by atoms with Gasteiger partial charge in [-0.05, 0) is 42.7 Å². The van der Waals surface area contributed by atoms with E-state index >= 15 is 0 Å². The van der Waals surface area contributed by atoms with E-state index in [1.807, 2.05) is 24.3 Å². The van der Waals surface area contributed by atoms with Gasteiger partial charge in [0.15, 0.2) is 0 Å². The van der Waals surface area contributed by atoms with Crippen LogP contribution < -0.4 is 0 Å². The summed E-state index contributed by atoms with van der Waals surface area (Å²) in [6.45, 7) is 0.318. The second-order valence-electron chi connectivity index (χ2n) is 5.68. The molecule has 1 aliphatic carbocycles. The molecule has 23 heavy (non-hydrogen) atoms. The van der Waals surface area contributed by atoms with Gasteiger partial charge in [0.05, 0.1) is 0 Å². The highest BCUT2D eigenvalue weighted by Gasteiger charge is 2.31. The molecular formula is C19H17BrFNO. The number of benzene rings is 2. The summed E-state index contributed by atoms with van der Waals surface area (Å²) >= 11 is 3.41. The largest absolute Gasteiger partial charge is 0.332 e. The molecule has 2 nitrogen and oxygen atoms in total. The van der Waals surface area contributed by atoms with Gasteiger partial charge in [-0.25, -0.2) is 4.39 Å². The minimum Gasteiger partial charge on any atom is -0.332 e. The third kappa shape index (κ3) is 4.29. The van der Waals surface area contributed by atoms with E-state index in [9.17, 15) is 9.18 Å². The van der Waals surface area contributed by atoms with E-state index in [2.05, 4.69) is 15.9 Å². The van der Waals surface area contributed by atoms with Crippen molar-refractivity contribution in [3.05, 3.63) is 76.0 Å². The molecule has 0 radical (unpaired) electrons. The topological polar surface area (TPSA) is 20.3 Å². The highest BCUT2D eigenvalue weighted by atomic mass is 79.9. The first kappa shape index (κ1) is 15.9. The second kappa shape index (κ2) is 7.09. The van der Waals surface area contributed by atoms with Gasteiger partial charge in [-0.1, -0.05) is 46.3 Å². The summed E-state index contributed by atoms with van der Waals surface area (Å²) in [4.78, 5) is 14.3. The number of nitrogens with zero attached hydrogens (tertiary/aromatic N) is 1. The third-order valence-corrected chi connectivity index (χ3v) is 4.33. The highest BCUT2D eigenvalue weighted by Crippen LogP contribution is 2.29. The summed E-state index contributed by atoms with van der Waals surface area (Å²) in [6, 6.07) is 14.6. The molecule has 3 rings (SSSR count). The van der Waals surface area contributed by atoms with Gasteiger partial charge in [0.2, 0.25) is 5.91 Å². The van der Waals surface area contributed by atoms with Crippen molar-refractivity contribution in [1.29, 1.82) is 0 Å². The van der Waals surface area contributed by atoms with Crippen molar-refractivity contribution in [2.75, 3.05) is 0 Å². The normalized spacial score (nSPS) is 14.2. The number of carbonyl (C=O) groups is 1. The van der Waals surface area contributed by atoms with E-state index in [1.54, 1.807) is 35.3 Å². The molecule has 1 amide bonds. The zero-order chi connectivity index (χ0) is 16.2. The molecule has 1 aliphatic rings. The average molecular weight is 374 g/mol. The molecule has 0 aliphatic heterocycles. The minimum absolute atomic E-state index is 0.0734. The standard InChI is InChI=1S/C19H17BrFNO/c20-16-6-3-4-14(12-16)8-11-19(23)22(17-9-10-17)13-15-5-1-2-7-18(15)21/h1-8,11-12,17H,9-10,13H2. The second-order valence-corrected chi connectivity index (χ2v) is 6.59. The van der Waals surface area contributed by atoms with E-state index in [4.69, 9.17) is 0 Å². The highest BCUT2D eigenvalue weighted by molar-refractivity contribution is 9.10. The van der Waals surface area contributed by atoms with Crippen molar-refractivity contribution in [1.82, 2.24) is 4.90 Å². The van der Waals surface area contributed by atoms with Crippen molar-refractivity contribution in [3.8, 4) is 0 Å². The Hall–Kier alpha value is -1.94. The first-order chi connectivity index (χ1) is 11.1. The zero-order valence-corrected chi connectivity index (χ0v) is 14.2. The summed E-state index contributed by atoms with van der Waals surface area (Å²) in [6.07, 6.45) is 5.35. The van der Waals surface area contributed by atoms with Crippen LogP contribution in [0.25, 0.3) is 6.08 Å². The first-order valence-electron chi connectivity index (χ1n) is 7.61. The Morgan fingerprint density at radius 1 is 1.22 bits per heavy atom. The molecular weight excluding hydrogens is 357 g/mol. The Bertz CT molecular complexity index is 740. The van der Waals surface area contributed by atoms with Crippen molar-refractivity contribution in [2.24, 2.45) is 0 Å². The lowest BCUT2D eigenvalue weighted by atomic mass is 10.2. The lowest BCUT2D eigenvalue weighted by Gasteiger charge is -2.21. The molecule has 1 saturated carbocycles. The van der Waals surface area contributed by atoms with Crippen LogP contribution in [-0.2, 0) is 11.3 Å². The molecule has 0 bridgehead atoms. The van der Waals surface area contributed by atoms with Crippen LogP contribution in [-0.4, -0.2) is 16.8 Å². The number of hydrogen-bond donors (Lipinski definition) is 0. The number of rotatable bonds is 5. The summed E-state index contributed by atoms with van der Waals surface area (Å²) in [5.74, 6) is -0.336. The van der Waals surface area contributed by atoms with Crippen LogP contribution >= 0.6 is 15.9 Å². The Morgan fingerprint density at radius 2 is 2.00 bits per heavy atom. The van der Waals surface area contributed by atoms with Gasteiger partial charge in [0, 0.05) is 28.7 Å². The van der Waals surface area contributed by atoms with Crippen LogP contribution in [0.3, 0.4) is 0 Å². The lowest BCUT2D eigenvalue weighted by molar-refractivity contribution is -0.127. The van der Waals surface area contributed by atoms with E-state index in [-0.39, 0.29) is 17.8 Å². The van der Waals surface area contributed by atoms with Gasteiger partial charge >= 0.3 is 0 Å². The Kier molecular flexibility index (Phi) is 4.91. The summed E-state index contributed by atoms with van der Waals surface area (Å²) < 4.78 is 14.8. The molecule has 1 fully saturated rings. The average Bonchev–Trinajstić information content (AvgIpc) is 3.37. The monoisotopic (exact) mass is 373 g/mol. The van der Waals surface area contributed by atoms with E-state index < -0.39 is 0 Å². The summed E-state index contributed by atoms with van der Waals surface area (Å²) in [5.41, 5.74) is 1.51. The van der Waals surface area contributed by atoms with E-state index in [0.29, 0.717) is 12.1 Å². The molecule has 0 spiro atoms. The maximum atomic E-state index is 13.8. The number of amides is 1. The van der Waals surface area contributed by atoms with Crippen molar-refractivity contribution < 1.29 is 9.18 Å². The van der Waals surface area contributed by atoms with E-state index in [0.717, 1.165) is 22.9 Å². The van der Waals surface area contributed by atoms with Crippen molar-refractivity contribution in [2.45, 2.75) is 25.4 Å². The third-order valence-electron chi connectivity index (χ3n) is 3.84. The quantitative estimate of drug-likeness (QED) is 0.689. The molecule has 2 aromatic carbocycles. The maximum absolute atomic E-state index is 13.8. The van der Waals surface area contributed by atoms with Crippen LogP contribution in [0.4, 0.5) is 4.39 Å². The van der Waals surface area contributed by atoms with Gasteiger partial charge in [-0.2, -0.15) is 0 Å². The number of hydrogen-bond acceptors (Lipinski definition) is 1. The van der Waals surface area contributed by atoms with E-state index in [1.165, 1.54) is 6.07 Å². The van der Waals surface area contributed by atoms with Crippen LogP contribution in [0.2, 0.25) is 0 Å². The minimum atomic E-state index is -0.262. The SMILES string of the molecule is O=C(C=Cc1cccc(Br)c1)N(Cc1ccccc1F)C1CC1. The Balaban J connectivity index is 1.73.